The van der Waals surface area contributed by atoms with Crippen LogP contribution in [0.4, 0.5) is 17.6 Å². The van der Waals surface area contributed by atoms with Crippen LogP contribution in [0.1, 0.15) is 10.9 Å². The number of halogens is 7. The zero-order valence-electron chi connectivity index (χ0n) is 7.53. The predicted molar refractivity (Wildman–Crippen MR) is 56.0 cm³/mol. The summed E-state index contributed by atoms with van der Waals surface area (Å²) < 4.78 is 50.0. The topological polar surface area (TPSA) is 0 Å². The fourth-order valence-corrected chi connectivity index (χ4v) is 1.77. The molecule has 1 unspecified atom stereocenters. The highest BCUT2D eigenvalue weighted by molar-refractivity contribution is 6.34. The molecule has 0 nitrogen and oxygen atoms in total. The Balaban J connectivity index is 3.14. The summed E-state index contributed by atoms with van der Waals surface area (Å²) in [5, 5.41) is -2.27. The van der Waals surface area contributed by atoms with Crippen molar-refractivity contribution in [2.45, 2.75) is 17.7 Å². The van der Waals surface area contributed by atoms with Crippen LogP contribution in [0.3, 0.4) is 0 Å². The van der Waals surface area contributed by atoms with Gasteiger partial charge in [0.05, 0.1) is 0 Å². The summed E-state index contributed by atoms with van der Waals surface area (Å²) in [5.74, 6) is -4.37. The molecule has 0 fully saturated rings. The number of benzene rings is 1. The average molecular weight is 295 g/mol. The number of alkyl halides is 5. The molecule has 90 valence electrons. The van der Waals surface area contributed by atoms with E-state index < -0.39 is 17.7 Å². The van der Waals surface area contributed by atoms with Gasteiger partial charge < -0.3 is 0 Å². The third-order valence-corrected chi connectivity index (χ3v) is 2.97. The Kier molecular flexibility index (Phi) is 4.32. The second-order valence-corrected chi connectivity index (χ2v) is 4.28. The zero-order chi connectivity index (χ0) is 12.5. The van der Waals surface area contributed by atoms with Crippen LogP contribution in [0.15, 0.2) is 18.2 Å². The smallest absolute Gasteiger partial charge is 0.204 e. The fourth-order valence-electron chi connectivity index (χ4n) is 1.03. The zero-order valence-corrected chi connectivity index (χ0v) is 9.80. The quantitative estimate of drug-likeness (QED) is 0.533. The van der Waals surface area contributed by atoms with E-state index >= 15 is 0 Å². The lowest BCUT2D eigenvalue weighted by molar-refractivity contribution is -0.130. The van der Waals surface area contributed by atoms with Gasteiger partial charge in [-0.05, 0) is 23.8 Å². The van der Waals surface area contributed by atoms with E-state index in [2.05, 4.69) is 0 Å². The van der Waals surface area contributed by atoms with Crippen molar-refractivity contribution < 1.29 is 17.6 Å². The first-order valence-electron chi connectivity index (χ1n) is 4.01. The molecule has 1 atom stereocenters. The Morgan fingerprint density at radius 3 is 2.19 bits per heavy atom. The standard InChI is InChI=1S/C9H5Cl3F4/c10-4-1-2-6(11)5(3-4)7(12)9(15,16)8(13)14/h1-3,7-8H. The molecule has 0 spiro atoms. The molecule has 0 saturated carbocycles. The van der Waals surface area contributed by atoms with Crippen molar-refractivity contribution in [2.24, 2.45) is 0 Å². The number of rotatable bonds is 3. The molecule has 0 bridgehead atoms. The Bertz CT molecular complexity index is 381. The van der Waals surface area contributed by atoms with Gasteiger partial charge in [-0.2, -0.15) is 8.78 Å². The van der Waals surface area contributed by atoms with E-state index in [1.54, 1.807) is 0 Å². The van der Waals surface area contributed by atoms with Crippen LogP contribution in [0.2, 0.25) is 10.0 Å². The third-order valence-electron chi connectivity index (χ3n) is 1.86. The Morgan fingerprint density at radius 1 is 1.12 bits per heavy atom. The summed E-state index contributed by atoms with van der Waals surface area (Å²) >= 11 is 16.4. The van der Waals surface area contributed by atoms with Crippen LogP contribution in [0.5, 0.6) is 0 Å². The molecule has 1 aromatic rings. The summed E-state index contributed by atoms with van der Waals surface area (Å²) in [6.07, 6.45) is -3.87. The third kappa shape index (κ3) is 2.73. The lowest BCUT2D eigenvalue weighted by Gasteiger charge is -2.22. The van der Waals surface area contributed by atoms with Gasteiger partial charge in [0.15, 0.2) is 0 Å². The molecule has 0 radical (unpaired) electrons. The molecular formula is C9H5Cl3F4. The van der Waals surface area contributed by atoms with Crippen LogP contribution in [-0.2, 0) is 0 Å². The second-order valence-electron chi connectivity index (χ2n) is 3.00. The van der Waals surface area contributed by atoms with Gasteiger partial charge in [-0.25, -0.2) is 8.78 Å². The van der Waals surface area contributed by atoms with Crippen molar-refractivity contribution in [1.29, 1.82) is 0 Å². The van der Waals surface area contributed by atoms with Gasteiger partial charge in [-0.3, -0.25) is 0 Å². The second kappa shape index (κ2) is 4.98. The molecular weight excluding hydrogens is 290 g/mol. The molecule has 0 heterocycles. The summed E-state index contributed by atoms with van der Waals surface area (Å²) in [6.45, 7) is 0. The number of hydrogen-bond donors (Lipinski definition) is 0. The fraction of sp³-hybridized carbons (Fsp3) is 0.333. The van der Waals surface area contributed by atoms with E-state index in [1.165, 1.54) is 12.1 Å². The minimum absolute atomic E-state index is 0.0927. The van der Waals surface area contributed by atoms with Crippen LogP contribution in [0, 0.1) is 0 Å². The van der Waals surface area contributed by atoms with Gasteiger partial charge in [-0.1, -0.05) is 23.2 Å². The minimum Gasteiger partial charge on any atom is -0.204 e. The summed E-state index contributed by atoms with van der Waals surface area (Å²) in [4.78, 5) is 0. The minimum atomic E-state index is -4.37. The number of hydrogen-bond acceptors (Lipinski definition) is 0. The molecule has 0 saturated heterocycles. The molecule has 16 heavy (non-hydrogen) atoms. The summed E-state index contributed by atoms with van der Waals surface area (Å²) in [5.41, 5.74) is -0.318. The van der Waals surface area contributed by atoms with Gasteiger partial charge in [-0.15, -0.1) is 11.6 Å². The van der Waals surface area contributed by atoms with Crippen molar-refractivity contribution in [3.63, 3.8) is 0 Å². The largest absolute Gasteiger partial charge is 0.327 e. The van der Waals surface area contributed by atoms with Crippen molar-refractivity contribution >= 4 is 34.8 Å². The van der Waals surface area contributed by atoms with Gasteiger partial charge >= 0.3 is 12.3 Å². The van der Waals surface area contributed by atoms with E-state index in [4.69, 9.17) is 34.8 Å². The molecule has 0 N–H and O–H groups in total. The maximum Gasteiger partial charge on any atom is 0.327 e. The van der Waals surface area contributed by atoms with E-state index in [9.17, 15) is 17.6 Å². The van der Waals surface area contributed by atoms with Gasteiger partial charge in [0.2, 0.25) is 0 Å². The van der Waals surface area contributed by atoms with Gasteiger partial charge in [0, 0.05) is 10.0 Å². The Labute approximate surface area is 104 Å². The van der Waals surface area contributed by atoms with E-state index in [0.29, 0.717) is 0 Å². The highest BCUT2D eigenvalue weighted by Gasteiger charge is 2.49. The molecule has 0 amide bonds. The van der Waals surface area contributed by atoms with Crippen LogP contribution in [0.25, 0.3) is 0 Å². The highest BCUT2D eigenvalue weighted by Crippen LogP contribution is 2.44. The van der Waals surface area contributed by atoms with E-state index in [-0.39, 0.29) is 15.6 Å². The lowest BCUT2D eigenvalue weighted by atomic mass is 10.1. The maximum atomic E-state index is 13.0. The van der Waals surface area contributed by atoms with Crippen LogP contribution >= 0.6 is 34.8 Å². The van der Waals surface area contributed by atoms with Crippen molar-refractivity contribution in [3.8, 4) is 0 Å². The molecule has 1 aromatic carbocycles. The Hall–Kier alpha value is -0.190. The van der Waals surface area contributed by atoms with Crippen molar-refractivity contribution in [1.82, 2.24) is 0 Å². The monoisotopic (exact) mass is 294 g/mol. The summed E-state index contributed by atoms with van der Waals surface area (Å²) in [7, 11) is 0. The lowest BCUT2D eigenvalue weighted by Crippen LogP contribution is -2.31. The van der Waals surface area contributed by atoms with Crippen LogP contribution < -0.4 is 0 Å². The maximum absolute atomic E-state index is 13.0. The molecule has 1 rings (SSSR count). The Morgan fingerprint density at radius 2 is 1.69 bits per heavy atom. The SMILES string of the molecule is FC(F)C(F)(F)C(Cl)c1cc(Cl)ccc1Cl. The van der Waals surface area contributed by atoms with Crippen LogP contribution in [-0.4, -0.2) is 12.3 Å². The molecule has 0 aliphatic rings. The van der Waals surface area contributed by atoms with Crippen molar-refractivity contribution in [3.05, 3.63) is 33.8 Å². The van der Waals surface area contributed by atoms with Gasteiger partial charge in [0.25, 0.3) is 0 Å². The summed E-state index contributed by atoms with van der Waals surface area (Å²) in [6, 6.07) is 3.60. The first kappa shape index (κ1) is 13.9. The first-order chi connectivity index (χ1) is 7.26. The van der Waals surface area contributed by atoms with Gasteiger partial charge in [0.1, 0.15) is 5.38 Å². The molecule has 0 aromatic heterocycles. The molecule has 7 heteroatoms. The predicted octanol–water partition coefficient (Wildman–Crippen LogP) is 5.17. The van der Waals surface area contributed by atoms with Crippen molar-refractivity contribution in [2.75, 3.05) is 0 Å². The average Bonchev–Trinajstić information content (AvgIpc) is 2.20. The van der Waals surface area contributed by atoms with E-state index in [1.807, 2.05) is 0 Å². The molecule has 0 aliphatic carbocycles. The highest BCUT2D eigenvalue weighted by atomic mass is 35.5. The normalized spacial score (nSPS) is 14.2. The van der Waals surface area contributed by atoms with E-state index in [0.717, 1.165) is 6.07 Å². The first-order valence-corrected chi connectivity index (χ1v) is 5.21. The molecule has 0 aliphatic heterocycles.